The maximum atomic E-state index is 5.67. The van der Waals surface area contributed by atoms with Crippen molar-refractivity contribution >= 4 is 40.3 Å². The fourth-order valence-corrected chi connectivity index (χ4v) is 2.89. The van der Waals surface area contributed by atoms with Crippen molar-refractivity contribution in [2.24, 2.45) is 0 Å². The second-order valence-electron chi connectivity index (χ2n) is 3.25. The molecule has 0 radical (unpaired) electrons. The van der Waals surface area contributed by atoms with Crippen LogP contribution in [0.5, 0.6) is 0 Å². The number of rotatable bonds is 5. The van der Waals surface area contributed by atoms with E-state index in [1.165, 1.54) is 0 Å². The van der Waals surface area contributed by atoms with E-state index in [0.29, 0.717) is 5.69 Å². The van der Waals surface area contributed by atoms with Crippen molar-refractivity contribution in [3.63, 3.8) is 0 Å². The Bertz CT molecular complexity index is 470. The van der Waals surface area contributed by atoms with Crippen LogP contribution in [0.15, 0.2) is 27.8 Å². The first-order chi connectivity index (χ1) is 7.79. The minimum absolute atomic E-state index is 0.710. The third kappa shape index (κ3) is 2.86. The zero-order chi connectivity index (χ0) is 11.4. The molecule has 0 aliphatic rings. The minimum Gasteiger partial charge on any atom is -0.431 e. The topological polar surface area (TPSA) is 52.0 Å². The molecule has 0 unspecified atom stereocenters. The highest BCUT2D eigenvalue weighted by Crippen LogP contribution is 2.25. The summed E-state index contributed by atoms with van der Waals surface area (Å²) in [4.78, 5) is 4.38. The molecule has 0 aliphatic carbocycles. The molecule has 16 heavy (non-hydrogen) atoms. The van der Waals surface area contributed by atoms with E-state index in [1.54, 1.807) is 11.8 Å². The first-order valence-electron chi connectivity index (χ1n) is 5.16. The van der Waals surface area contributed by atoms with Crippen molar-refractivity contribution in [1.29, 1.82) is 0 Å². The van der Waals surface area contributed by atoms with Gasteiger partial charge in [0.25, 0.3) is 5.22 Å². The van der Waals surface area contributed by atoms with E-state index in [1.807, 2.05) is 30.0 Å². The number of hydrogen-bond acceptors (Lipinski definition) is 5. The second kappa shape index (κ2) is 5.50. The fourth-order valence-electron chi connectivity index (χ4n) is 1.31. The fraction of sp³-hybridized carbons (Fsp3) is 0.364. The average Bonchev–Trinajstić information content (AvgIpc) is 2.66. The number of anilines is 1. The number of benzene rings is 1. The number of hydrogen-bond donors (Lipinski definition) is 1. The Morgan fingerprint density at radius 2 is 2.25 bits per heavy atom. The van der Waals surface area contributed by atoms with Crippen LogP contribution >= 0.6 is 23.5 Å². The predicted octanol–water partition coefficient (Wildman–Crippen LogP) is 3.26. The molecular formula is C11H14N2OS2. The van der Waals surface area contributed by atoms with Gasteiger partial charge in [0.2, 0.25) is 0 Å². The maximum absolute atomic E-state index is 5.67. The van der Waals surface area contributed by atoms with E-state index in [0.717, 1.165) is 33.6 Å². The Balaban J connectivity index is 2.02. The van der Waals surface area contributed by atoms with Gasteiger partial charge in [-0.15, -0.1) is 0 Å². The molecule has 5 heteroatoms. The first kappa shape index (κ1) is 11.7. The smallest absolute Gasteiger partial charge is 0.256 e. The SMILES string of the molecule is CCSCCSc1nc2ccc(N)cc2o1. The highest BCUT2D eigenvalue weighted by Gasteiger charge is 2.05. The van der Waals surface area contributed by atoms with Gasteiger partial charge in [-0.05, 0) is 17.9 Å². The van der Waals surface area contributed by atoms with E-state index in [2.05, 4.69) is 11.9 Å². The Kier molecular flexibility index (Phi) is 4.01. The monoisotopic (exact) mass is 254 g/mol. The van der Waals surface area contributed by atoms with Gasteiger partial charge >= 0.3 is 0 Å². The average molecular weight is 254 g/mol. The van der Waals surface area contributed by atoms with E-state index in [-0.39, 0.29) is 0 Å². The van der Waals surface area contributed by atoms with Gasteiger partial charge < -0.3 is 10.2 Å². The van der Waals surface area contributed by atoms with Crippen molar-refractivity contribution in [3.05, 3.63) is 18.2 Å². The van der Waals surface area contributed by atoms with Crippen molar-refractivity contribution in [2.45, 2.75) is 12.1 Å². The number of oxazole rings is 1. The lowest BCUT2D eigenvalue weighted by Crippen LogP contribution is -1.84. The van der Waals surface area contributed by atoms with Gasteiger partial charge in [-0.3, -0.25) is 0 Å². The second-order valence-corrected chi connectivity index (χ2v) is 5.69. The number of fused-ring (bicyclic) bond motifs is 1. The van der Waals surface area contributed by atoms with Crippen LogP contribution in [0.1, 0.15) is 6.92 Å². The molecule has 2 rings (SSSR count). The summed E-state index contributed by atoms with van der Waals surface area (Å²) in [5.74, 6) is 3.31. The Hall–Kier alpha value is -0.810. The maximum Gasteiger partial charge on any atom is 0.256 e. The summed E-state index contributed by atoms with van der Waals surface area (Å²) < 4.78 is 5.59. The molecule has 1 aromatic heterocycles. The summed E-state index contributed by atoms with van der Waals surface area (Å²) in [6.45, 7) is 2.16. The van der Waals surface area contributed by atoms with Crippen molar-refractivity contribution in [2.75, 3.05) is 23.0 Å². The highest BCUT2D eigenvalue weighted by atomic mass is 32.2. The standard InChI is InChI=1S/C11H14N2OS2/c1-2-15-5-6-16-11-13-9-4-3-8(12)7-10(9)14-11/h3-4,7H,2,5-6,12H2,1H3. The normalized spacial score (nSPS) is 11.1. The van der Waals surface area contributed by atoms with Crippen LogP contribution in [-0.4, -0.2) is 22.2 Å². The summed E-state index contributed by atoms with van der Waals surface area (Å²) in [6, 6.07) is 5.54. The van der Waals surface area contributed by atoms with Gasteiger partial charge in [-0.25, -0.2) is 4.98 Å². The van der Waals surface area contributed by atoms with Crippen molar-refractivity contribution in [1.82, 2.24) is 4.98 Å². The lowest BCUT2D eigenvalue weighted by Gasteiger charge is -1.94. The largest absolute Gasteiger partial charge is 0.431 e. The molecule has 0 fully saturated rings. The van der Waals surface area contributed by atoms with E-state index in [4.69, 9.17) is 10.2 Å². The van der Waals surface area contributed by atoms with Gasteiger partial charge in [0.15, 0.2) is 5.58 Å². The number of thioether (sulfide) groups is 2. The lowest BCUT2D eigenvalue weighted by molar-refractivity contribution is 0.490. The van der Waals surface area contributed by atoms with Crippen LogP contribution in [0.2, 0.25) is 0 Å². The number of nitrogens with zero attached hydrogens (tertiary/aromatic N) is 1. The summed E-state index contributed by atoms with van der Waals surface area (Å²) in [5.41, 5.74) is 8.03. The summed E-state index contributed by atoms with van der Waals surface area (Å²) in [7, 11) is 0. The van der Waals surface area contributed by atoms with Crippen LogP contribution < -0.4 is 5.73 Å². The Morgan fingerprint density at radius 1 is 1.38 bits per heavy atom. The van der Waals surface area contributed by atoms with E-state index in [9.17, 15) is 0 Å². The van der Waals surface area contributed by atoms with Gasteiger partial charge in [-0.2, -0.15) is 11.8 Å². The van der Waals surface area contributed by atoms with Crippen LogP contribution in [0.25, 0.3) is 11.1 Å². The van der Waals surface area contributed by atoms with E-state index < -0.39 is 0 Å². The van der Waals surface area contributed by atoms with Gasteiger partial charge in [0.1, 0.15) is 5.52 Å². The molecule has 1 aromatic carbocycles. The molecular weight excluding hydrogens is 240 g/mol. The molecule has 0 saturated heterocycles. The summed E-state index contributed by atoms with van der Waals surface area (Å²) in [6.07, 6.45) is 0. The summed E-state index contributed by atoms with van der Waals surface area (Å²) in [5, 5.41) is 0.734. The van der Waals surface area contributed by atoms with Crippen LogP contribution in [0.3, 0.4) is 0 Å². The van der Waals surface area contributed by atoms with Crippen molar-refractivity contribution < 1.29 is 4.42 Å². The molecule has 0 bridgehead atoms. The van der Waals surface area contributed by atoms with Gasteiger partial charge in [-0.1, -0.05) is 18.7 Å². The quantitative estimate of drug-likeness (QED) is 0.504. The minimum atomic E-state index is 0.710. The van der Waals surface area contributed by atoms with Crippen LogP contribution in [0, 0.1) is 0 Å². The highest BCUT2D eigenvalue weighted by molar-refractivity contribution is 8.02. The predicted molar refractivity (Wildman–Crippen MR) is 72.1 cm³/mol. The third-order valence-electron chi connectivity index (χ3n) is 2.05. The molecule has 86 valence electrons. The number of nitrogens with two attached hydrogens (primary N) is 1. The molecule has 3 nitrogen and oxygen atoms in total. The molecule has 0 saturated carbocycles. The molecule has 0 atom stereocenters. The Morgan fingerprint density at radius 3 is 3.06 bits per heavy atom. The molecule has 0 aliphatic heterocycles. The van der Waals surface area contributed by atoms with Gasteiger partial charge in [0.05, 0.1) is 0 Å². The summed E-state index contributed by atoms with van der Waals surface area (Å²) >= 11 is 3.58. The number of aromatic nitrogens is 1. The Labute approximate surface area is 103 Å². The molecule has 0 spiro atoms. The van der Waals surface area contributed by atoms with Crippen molar-refractivity contribution in [3.8, 4) is 0 Å². The molecule has 1 heterocycles. The van der Waals surface area contributed by atoms with Crippen LogP contribution in [0.4, 0.5) is 5.69 Å². The molecule has 2 N–H and O–H groups in total. The number of nitrogen functional groups attached to an aromatic ring is 1. The molecule has 0 amide bonds. The molecule has 2 aromatic rings. The lowest BCUT2D eigenvalue weighted by atomic mass is 10.3. The first-order valence-corrected chi connectivity index (χ1v) is 7.30. The van der Waals surface area contributed by atoms with E-state index >= 15 is 0 Å². The zero-order valence-electron chi connectivity index (χ0n) is 9.10. The zero-order valence-corrected chi connectivity index (χ0v) is 10.7. The van der Waals surface area contributed by atoms with Crippen LogP contribution in [-0.2, 0) is 0 Å². The van der Waals surface area contributed by atoms with Gasteiger partial charge in [0, 0.05) is 23.3 Å². The third-order valence-corrected chi connectivity index (χ3v) is 4.04.